The van der Waals surface area contributed by atoms with Crippen molar-refractivity contribution in [2.24, 2.45) is 0 Å². The van der Waals surface area contributed by atoms with Crippen molar-refractivity contribution >= 4 is 11.7 Å². The molecule has 0 radical (unpaired) electrons. The van der Waals surface area contributed by atoms with Crippen molar-refractivity contribution in [3.8, 4) is 0 Å². The van der Waals surface area contributed by atoms with Crippen LogP contribution in [0.25, 0.3) is 0 Å². The minimum Gasteiger partial charge on any atom is -0.379 e. The van der Waals surface area contributed by atoms with Gasteiger partial charge in [-0.3, -0.25) is 4.90 Å². The molecule has 1 fully saturated rings. The van der Waals surface area contributed by atoms with Crippen LogP contribution in [0.15, 0.2) is 48.5 Å². The summed E-state index contributed by atoms with van der Waals surface area (Å²) in [7, 11) is 0. The molecule has 1 N–H and O–H groups in total. The van der Waals surface area contributed by atoms with E-state index in [0.29, 0.717) is 25.3 Å². The number of anilines is 1. The molecule has 0 saturated carbocycles. The van der Waals surface area contributed by atoms with Crippen molar-refractivity contribution in [3.05, 3.63) is 65.7 Å². The van der Waals surface area contributed by atoms with Gasteiger partial charge in [0.25, 0.3) is 0 Å². The number of nitrogens with zero attached hydrogens (tertiary/aromatic N) is 2. The predicted molar refractivity (Wildman–Crippen MR) is 104 cm³/mol. The summed E-state index contributed by atoms with van der Waals surface area (Å²) in [6.45, 7) is 4.55. The molecule has 28 heavy (non-hydrogen) atoms. The number of ether oxygens (including phenoxy) is 1. The van der Waals surface area contributed by atoms with Gasteiger partial charge < -0.3 is 15.0 Å². The quantitative estimate of drug-likeness (QED) is 0.785. The summed E-state index contributed by atoms with van der Waals surface area (Å²) in [6, 6.07) is 11.9. The van der Waals surface area contributed by atoms with E-state index in [2.05, 4.69) is 10.2 Å². The molecule has 2 amide bonds. The van der Waals surface area contributed by atoms with Crippen molar-refractivity contribution in [1.29, 1.82) is 0 Å². The summed E-state index contributed by atoms with van der Waals surface area (Å²) in [5, 5.41) is 2.59. The molecule has 0 aromatic heterocycles. The molecule has 0 bridgehead atoms. The highest BCUT2D eigenvalue weighted by Crippen LogP contribution is 2.16. The SMILES string of the molecule is O=C(Nc1ccccc1F)N(CCCN1CCOCC1)Cc1ccccc1F. The fraction of sp³-hybridized carbons (Fsp3) is 0.381. The topological polar surface area (TPSA) is 44.8 Å². The molecule has 2 aromatic carbocycles. The molecule has 1 aliphatic rings. The molecule has 150 valence electrons. The molecule has 3 rings (SSSR count). The molecule has 7 heteroatoms. The second-order valence-corrected chi connectivity index (χ2v) is 6.73. The third-order valence-corrected chi connectivity index (χ3v) is 4.73. The second kappa shape index (κ2) is 10.1. The first kappa shape index (κ1) is 20.2. The number of amides is 2. The Kier molecular flexibility index (Phi) is 7.33. The van der Waals surface area contributed by atoms with E-state index < -0.39 is 11.8 Å². The number of rotatable bonds is 7. The number of carbonyl (C=O) groups is 1. The Morgan fingerprint density at radius 3 is 2.43 bits per heavy atom. The van der Waals surface area contributed by atoms with Gasteiger partial charge in [0, 0.05) is 31.7 Å². The normalized spacial score (nSPS) is 14.6. The minimum absolute atomic E-state index is 0.110. The number of nitrogens with one attached hydrogen (secondary N) is 1. The molecule has 0 spiro atoms. The van der Waals surface area contributed by atoms with Crippen LogP contribution >= 0.6 is 0 Å². The van der Waals surface area contributed by atoms with Crippen LogP contribution < -0.4 is 5.32 Å². The summed E-state index contributed by atoms with van der Waals surface area (Å²) < 4.78 is 33.3. The average molecular weight is 389 g/mol. The van der Waals surface area contributed by atoms with Crippen LogP contribution in [0.5, 0.6) is 0 Å². The fourth-order valence-electron chi connectivity index (χ4n) is 3.15. The van der Waals surface area contributed by atoms with Crippen LogP contribution in [-0.2, 0) is 11.3 Å². The van der Waals surface area contributed by atoms with Crippen molar-refractivity contribution in [2.75, 3.05) is 44.7 Å². The van der Waals surface area contributed by atoms with E-state index in [4.69, 9.17) is 4.74 Å². The zero-order chi connectivity index (χ0) is 19.8. The maximum absolute atomic E-state index is 14.1. The van der Waals surface area contributed by atoms with Crippen LogP contribution in [0.4, 0.5) is 19.3 Å². The first-order valence-corrected chi connectivity index (χ1v) is 9.47. The second-order valence-electron chi connectivity index (χ2n) is 6.73. The monoisotopic (exact) mass is 389 g/mol. The molecule has 1 saturated heterocycles. The van der Waals surface area contributed by atoms with E-state index in [-0.39, 0.29) is 18.0 Å². The van der Waals surface area contributed by atoms with Crippen LogP contribution in [0.2, 0.25) is 0 Å². The summed E-state index contributed by atoms with van der Waals surface area (Å²) in [6.07, 6.45) is 0.735. The van der Waals surface area contributed by atoms with Gasteiger partial charge in [-0.15, -0.1) is 0 Å². The van der Waals surface area contributed by atoms with E-state index in [1.807, 2.05) is 0 Å². The number of carbonyl (C=O) groups excluding carboxylic acids is 1. The van der Waals surface area contributed by atoms with E-state index >= 15 is 0 Å². The summed E-state index contributed by atoms with van der Waals surface area (Å²) >= 11 is 0. The first-order valence-electron chi connectivity index (χ1n) is 9.47. The predicted octanol–water partition coefficient (Wildman–Crippen LogP) is 3.72. The minimum atomic E-state index is -0.505. The number of para-hydroxylation sites is 1. The lowest BCUT2D eigenvalue weighted by atomic mass is 10.2. The fourth-order valence-corrected chi connectivity index (χ4v) is 3.15. The molecular weight excluding hydrogens is 364 g/mol. The Bertz CT molecular complexity index is 782. The van der Waals surface area contributed by atoms with Crippen molar-refractivity contribution in [3.63, 3.8) is 0 Å². The highest BCUT2D eigenvalue weighted by molar-refractivity contribution is 5.89. The van der Waals surface area contributed by atoms with Gasteiger partial charge in [-0.2, -0.15) is 0 Å². The van der Waals surface area contributed by atoms with Crippen molar-refractivity contribution in [1.82, 2.24) is 9.80 Å². The third-order valence-electron chi connectivity index (χ3n) is 4.73. The molecule has 5 nitrogen and oxygen atoms in total. The number of urea groups is 1. The zero-order valence-corrected chi connectivity index (χ0v) is 15.7. The van der Waals surface area contributed by atoms with Crippen LogP contribution in [0.1, 0.15) is 12.0 Å². The third kappa shape index (κ3) is 5.74. The number of halogens is 2. The molecule has 0 aliphatic carbocycles. The Hall–Kier alpha value is -2.51. The first-order chi connectivity index (χ1) is 13.6. The van der Waals surface area contributed by atoms with E-state index in [1.54, 1.807) is 30.3 Å². The highest BCUT2D eigenvalue weighted by Gasteiger charge is 2.18. The van der Waals surface area contributed by atoms with E-state index in [1.165, 1.54) is 23.1 Å². The highest BCUT2D eigenvalue weighted by atomic mass is 19.1. The standard InChI is InChI=1S/C21H25F2N3O2/c22-18-7-2-1-6-17(18)16-26(11-5-10-25-12-14-28-15-13-25)21(27)24-20-9-4-3-8-19(20)23/h1-4,6-9H,5,10-16H2,(H,24,27). The van der Waals surface area contributed by atoms with Gasteiger partial charge in [-0.05, 0) is 24.6 Å². The lowest BCUT2D eigenvalue weighted by Gasteiger charge is -2.28. The van der Waals surface area contributed by atoms with Crippen LogP contribution in [0.3, 0.4) is 0 Å². The molecule has 2 aromatic rings. The molecular formula is C21H25F2N3O2. The van der Waals surface area contributed by atoms with Gasteiger partial charge >= 0.3 is 6.03 Å². The molecule has 0 unspecified atom stereocenters. The summed E-state index contributed by atoms with van der Waals surface area (Å²) in [5.74, 6) is -0.866. The van der Waals surface area contributed by atoms with Gasteiger partial charge in [0.15, 0.2) is 0 Å². The number of benzene rings is 2. The summed E-state index contributed by atoms with van der Waals surface area (Å²) in [4.78, 5) is 16.6. The molecule has 0 atom stereocenters. The van der Waals surface area contributed by atoms with Gasteiger partial charge in [0.2, 0.25) is 0 Å². The lowest BCUT2D eigenvalue weighted by molar-refractivity contribution is 0.0365. The van der Waals surface area contributed by atoms with Crippen molar-refractivity contribution in [2.45, 2.75) is 13.0 Å². The van der Waals surface area contributed by atoms with Gasteiger partial charge in [-0.25, -0.2) is 13.6 Å². The maximum Gasteiger partial charge on any atom is 0.322 e. The van der Waals surface area contributed by atoms with Gasteiger partial charge in [0.05, 0.1) is 25.4 Å². The number of morpholine rings is 1. The van der Waals surface area contributed by atoms with Gasteiger partial charge in [-0.1, -0.05) is 30.3 Å². The number of hydrogen-bond donors (Lipinski definition) is 1. The van der Waals surface area contributed by atoms with E-state index in [9.17, 15) is 13.6 Å². The Labute approximate surface area is 163 Å². The van der Waals surface area contributed by atoms with Crippen molar-refractivity contribution < 1.29 is 18.3 Å². The lowest BCUT2D eigenvalue weighted by Crippen LogP contribution is -2.40. The average Bonchev–Trinajstić information content (AvgIpc) is 2.71. The Balaban J connectivity index is 1.65. The summed E-state index contributed by atoms with van der Waals surface area (Å²) in [5.41, 5.74) is 0.539. The number of hydrogen-bond acceptors (Lipinski definition) is 3. The van der Waals surface area contributed by atoms with Crippen LogP contribution in [-0.4, -0.2) is 55.2 Å². The van der Waals surface area contributed by atoms with E-state index in [0.717, 1.165) is 26.1 Å². The van der Waals surface area contributed by atoms with Crippen LogP contribution in [0, 0.1) is 11.6 Å². The maximum atomic E-state index is 14.1. The molecule has 1 aliphatic heterocycles. The molecule has 1 heterocycles. The van der Waals surface area contributed by atoms with Gasteiger partial charge in [0.1, 0.15) is 11.6 Å². The Morgan fingerprint density at radius 2 is 1.71 bits per heavy atom. The smallest absolute Gasteiger partial charge is 0.322 e. The Morgan fingerprint density at radius 1 is 1.04 bits per heavy atom. The largest absolute Gasteiger partial charge is 0.379 e. The zero-order valence-electron chi connectivity index (χ0n) is 15.7.